The highest BCUT2D eigenvalue weighted by molar-refractivity contribution is 6.00. The lowest BCUT2D eigenvalue weighted by Gasteiger charge is -2.08. The molecule has 0 aliphatic heterocycles. The first-order valence-electron chi connectivity index (χ1n) is 9.15. The standard InChI is InChI=1S/C24H20N2O2/c1-17-11-13-19(14-12-17)22-16-26-24(28-22)21-10-6-5-9-20(21)23(27)25-15-18-7-3-2-4-8-18/h2-14,16H,15H2,1H3,(H,25,27). The Morgan fingerprint density at radius 1 is 0.929 bits per heavy atom. The third-order valence-electron chi connectivity index (χ3n) is 4.54. The summed E-state index contributed by atoms with van der Waals surface area (Å²) < 4.78 is 5.96. The molecular weight excluding hydrogens is 348 g/mol. The Morgan fingerprint density at radius 3 is 2.43 bits per heavy atom. The molecule has 0 fully saturated rings. The van der Waals surface area contributed by atoms with Gasteiger partial charge in [-0.3, -0.25) is 4.79 Å². The maximum Gasteiger partial charge on any atom is 0.252 e. The fourth-order valence-corrected chi connectivity index (χ4v) is 2.99. The van der Waals surface area contributed by atoms with E-state index in [1.165, 1.54) is 5.56 Å². The second-order valence-corrected chi connectivity index (χ2v) is 6.61. The van der Waals surface area contributed by atoms with Crippen LogP contribution in [0.25, 0.3) is 22.8 Å². The minimum absolute atomic E-state index is 0.158. The van der Waals surface area contributed by atoms with Gasteiger partial charge in [-0.25, -0.2) is 4.98 Å². The van der Waals surface area contributed by atoms with Crippen molar-refractivity contribution in [2.75, 3.05) is 0 Å². The smallest absolute Gasteiger partial charge is 0.252 e. The summed E-state index contributed by atoms with van der Waals surface area (Å²) in [6.07, 6.45) is 1.69. The Labute approximate surface area is 163 Å². The lowest BCUT2D eigenvalue weighted by Crippen LogP contribution is -2.23. The van der Waals surface area contributed by atoms with Crippen LogP contribution in [-0.2, 0) is 6.54 Å². The highest BCUT2D eigenvalue weighted by atomic mass is 16.4. The molecule has 0 bridgehead atoms. The molecule has 0 unspecified atom stereocenters. The number of benzene rings is 3. The molecule has 1 heterocycles. The average Bonchev–Trinajstić information content (AvgIpc) is 3.23. The number of nitrogens with zero attached hydrogens (tertiary/aromatic N) is 1. The molecule has 4 rings (SSSR count). The van der Waals surface area contributed by atoms with Gasteiger partial charge in [-0.2, -0.15) is 0 Å². The van der Waals surface area contributed by atoms with Crippen molar-refractivity contribution in [1.82, 2.24) is 10.3 Å². The van der Waals surface area contributed by atoms with Gasteiger partial charge < -0.3 is 9.73 Å². The third kappa shape index (κ3) is 3.86. The van der Waals surface area contributed by atoms with Crippen LogP contribution in [-0.4, -0.2) is 10.9 Å². The number of hydrogen-bond donors (Lipinski definition) is 1. The zero-order chi connectivity index (χ0) is 19.3. The normalized spacial score (nSPS) is 10.6. The van der Waals surface area contributed by atoms with Crippen molar-refractivity contribution in [3.05, 3.63) is 102 Å². The fraction of sp³-hybridized carbons (Fsp3) is 0.0833. The molecule has 0 saturated heterocycles. The summed E-state index contributed by atoms with van der Waals surface area (Å²) in [6.45, 7) is 2.51. The monoisotopic (exact) mass is 368 g/mol. The second kappa shape index (κ2) is 7.92. The van der Waals surface area contributed by atoms with Crippen molar-refractivity contribution >= 4 is 5.91 Å². The number of nitrogens with one attached hydrogen (secondary N) is 1. The molecule has 4 heteroatoms. The zero-order valence-electron chi connectivity index (χ0n) is 15.6. The number of aromatic nitrogens is 1. The highest BCUT2D eigenvalue weighted by Crippen LogP contribution is 2.28. The summed E-state index contributed by atoms with van der Waals surface area (Å²) in [5.74, 6) is 0.949. The Kier molecular flexibility index (Phi) is 5.02. The Bertz CT molecular complexity index is 1080. The van der Waals surface area contributed by atoms with Gasteiger partial charge in [-0.1, -0.05) is 72.3 Å². The summed E-state index contributed by atoms with van der Waals surface area (Å²) in [4.78, 5) is 17.1. The van der Waals surface area contributed by atoms with Crippen molar-refractivity contribution < 1.29 is 9.21 Å². The molecule has 0 atom stereocenters. The number of amides is 1. The molecule has 4 aromatic rings. The number of hydrogen-bond acceptors (Lipinski definition) is 3. The first kappa shape index (κ1) is 17.7. The molecule has 1 N–H and O–H groups in total. The van der Waals surface area contributed by atoms with E-state index in [-0.39, 0.29) is 5.91 Å². The molecule has 0 saturated carbocycles. The van der Waals surface area contributed by atoms with E-state index in [1.54, 1.807) is 12.3 Å². The summed E-state index contributed by atoms with van der Waals surface area (Å²) in [6, 6.07) is 25.2. The molecule has 28 heavy (non-hydrogen) atoms. The Hall–Kier alpha value is -3.66. The van der Waals surface area contributed by atoms with Gasteiger partial charge in [0.15, 0.2) is 5.76 Å². The Morgan fingerprint density at radius 2 is 1.64 bits per heavy atom. The average molecular weight is 368 g/mol. The van der Waals surface area contributed by atoms with Crippen LogP contribution in [0.15, 0.2) is 89.5 Å². The van der Waals surface area contributed by atoms with Crippen molar-refractivity contribution in [3.63, 3.8) is 0 Å². The second-order valence-electron chi connectivity index (χ2n) is 6.61. The maximum absolute atomic E-state index is 12.7. The summed E-state index contributed by atoms with van der Waals surface area (Å²) >= 11 is 0. The van der Waals surface area contributed by atoms with Crippen LogP contribution in [0.4, 0.5) is 0 Å². The van der Waals surface area contributed by atoms with Gasteiger partial charge in [0.1, 0.15) is 0 Å². The van der Waals surface area contributed by atoms with Gasteiger partial charge in [0, 0.05) is 17.7 Å². The molecule has 1 amide bonds. The lowest BCUT2D eigenvalue weighted by atomic mass is 10.1. The molecule has 0 aliphatic rings. The van der Waals surface area contributed by atoms with Crippen molar-refractivity contribution in [2.45, 2.75) is 13.5 Å². The van der Waals surface area contributed by atoms with Crippen LogP contribution in [0.3, 0.4) is 0 Å². The number of oxazole rings is 1. The van der Waals surface area contributed by atoms with Crippen molar-refractivity contribution in [2.24, 2.45) is 0 Å². The fourth-order valence-electron chi connectivity index (χ4n) is 2.99. The maximum atomic E-state index is 12.7. The number of carbonyl (C=O) groups is 1. The summed E-state index contributed by atoms with van der Waals surface area (Å²) in [5, 5.41) is 2.96. The summed E-state index contributed by atoms with van der Waals surface area (Å²) in [7, 11) is 0. The first-order chi connectivity index (χ1) is 13.7. The lowest BCUT2D eigenvalue weighted by molar-refractivity contribution is 0.0951. The van der Waals surface area contributed by atoms with Crippen LogP contribution in [0.5, 0.6) is 0 Å². The van der Waals surface area contributed by atoms with Gasteiger partial charge in [-0.15, -0.1) is 0 Å². The van der Waals surface area contributed by atoms with Gasteiger partial charge in [0.05, 0.1) is 11.8 Å². The molecule has 4 nitrogen and oxygen atoms in total. The first-order valence-corrected chi connectivity index (χ1v) is 9.15. The van der Waals surface area contributed by atoms with E-state index in [2.05, 4.69) is 10.3 Å². The topological polar surface area (TPSA) is 55.1 Å². The predicted molar refractivity (Wildman–Crippen MR) is 110 cm³/mol. The van der Waals surface area contributed by atoms with Crippen LogP contribution >= 0.6 is 0 Å². The van der Waals surface area contributed by atoms with Gasteiger partial charge in [0.2, 0.25) is 5.89 Å². The zero-order valence-corrected chi connectivity index (χ0v) is 15.6. The minimum Gasteiger partial charge on any atom is -0.436 e. The SMILES string of the molecule is Cc1ccc(-c2cnc(-c3ccccc3C(=O)NCc3ccccc3)o2)cc1. The third-order valence-corrected chi connectivity index (χ3v) is 4.54. The van der Waals surface area contributed by atoms with E-state index in [0.717, 1.165) is 11.1 Å². The largest absolute Gasteiger partial charge is 0.436 e. The number of aryl methyl sites for hydroxylation is 1. The quantitative estimate of drug-likeness (QED) is 0.524. The predicted octanol–water partition coefficient (Wildman–Crippen LogP) is 5.25. The van der Waals surface area contributed by atoms with Crippen LogP contribution in [0.2, 0.25) is 0 Å². The minimum atomic E-state index is -0.158. The van der Waals surface area contributed by atoms with E-state index in [9.17, 15) is 4.79 Å². The van der Waals surface area contributed by atoms with E-state index in [0.29, 0.717) is 29.3 Å². The molecule has 0 spiro atoms. The van der Waals surface area contributed by atoms with Crippen molar-refractivity contribution in [3.8, 4) is 22.8 Å². The molecule has 0 radical (unpaired) electrons. The van der Waals surface area contributed by atoms with Crippen LogP contribution in [0, 0.1) is 6.92 Å². The highest BCUT2D eigenvalue weighted by Gasteiger charge is 2.16. The molecule has 1 aromatic heterocycles. The number of rotatable bonds is 5. The van der Waals surface area contributed by atoms with Gasteiger partial charge >= 0.3 is 0 Å². The van der Waals surface area contributed by atoms with E-state index >= 15 is 0 Å². The van der Waals surface area contributed by atoms with Crippen LogP contribution < -0.4 is 5.32 Å². The van der Waals surface area contributed by atoms with E-state index in [1.807, 2.05) is 79.7 Å². The van der Waals surface area contributed by atoms with E-state index in [4.69, 9.17) is 4.42 Å². The van der Waals surface area contributed by atoms with Crippen LogP contribution in [0.1, 0.15) is 21.5 Å². The molecular formula is C24H20N2O2. The number of carbonyl (C=O) groups excluding carboxylic acids is 1. The molecule has 3 aromatic carbocycles. The van der Waals surface area contributed by atoms with E-state index < -0.39 is 0 Å². The molecule has 0 aliphatic carbocycles. The van der Waals surface area contributed by atoms with Gasteiger partial charge in [-0.05, 0) is 24.6 Å². The Balaban J connectivity index is 1.58. The summed E-state index contributed by atoms with van der Waals surface area (Å²) in [5.41, 5.74) is 4.40. The molecule has 138 valence electrons. The van der Waals surface area contributed by atoms with Gasteiger partial charge in [0.25, 0.3) is 5.91 Å². The van der Waals surface area contributed by atoms with Crippen molar-refractivity contribution in [1.29, 1.82) is 0 Å².